The minimum Gasteiger partial charge on any atom is -0.310 e. The number of hydrogen-bond acceptors (Lipinski definition) is 5. The molecule has 1 saturated heterocycles. The van der Waals surface area contributed by atoms with Crippen LogP contribution in [0.2, 0.25) is 0 Å². The molecule has 1 unspecified atom stereocenters. The van der Waals surface area contributed by atoms with Gasteiger partial charge in [-0.3, -0.25) is 14.3 Å². The lowest BCUT2D eigenvalue weighted by Gasteiger charge is -2.25. The molecule has 0 saturated carbocycles. The van der Waals surface area contributed by atoms with Gasteiger partial charge in [0.05, 0.1) is 35.8 Å². The summed E-state index contributed by atoms with van der Waals surface area (Å²) in [6.45, 7) is 3.54. The second-order valence-electron chi connectivity index (χ2n) is 7.58. The minimum atomic E-state index is -3.14. The predicted molar refractivity (Wildman–Crippen MR) is 116 cm³/mol. The molecule has 162 valence electrons. The summed E-state index contributed by atoms with van der Waals surface area (Å²) >= 11 is 0. The fraction of sp³-hybridized carbons (Fsp3) is 0.364. The molecule has 1 aliphatic heterocycles. The zero-order valence-corrected chi connectivity index (χ0v) is 18.2. The van der Waals surface area contributed by atoms with Gasteiger partial charge in [0.15, 0.2) is 9.84 Å². The summed E-state index contributed by atoms with van der Waals surface area (Å²) < 4.78 is 39.1. The quantitative estimate of drug-likeness (QED) is 0.692. The lowest BCUT2D eigenvalue weighted by molar-refractivity contribution is -0.117. The van der Waals surface area contributed by atoms with E-state index in [9.17, 15) is 22.9 Å². The molecular formula is C22H23FN4O3S. The molecular weight excluding hydrogens is 419 g/mol. The van der Waals surface area contributed by atoms with Crippen molar-refractivity contribution in [3.8, 4) is 24.1 Å². The van der Waals surface area contributed by atoms with E-state index >= 15 is 0 Å². The number of amides is 1. The highest BCUT2D eigenvalue weighted by molar-refractivity contribution is 7.91. The first kappa shape index (κ1) is 22.5. The number of anilines is 1. The molecule has 1 aliphatic rings. The standard InChI is InChI=1S/C22H23FN4O3S/c1-4-9-26(19-8-10-31(29,30)14-19)13-21(28)25-22-20(12-24)15(2)16(3)27(22)18-7-5-6-17(23)11-18/h1,5-7,11,19H,8-10,13-14H2,2-3H3,(H,25,28). The Morgan fingerprint density at radius 1 is 1.42 bits per heavy atom. The number of nitrogens with zero attached hydrogens (tertiary/aromatic N) is 3. The first-order valence-electron chi connectivity index (χ1n) is 9.72. The summed E-state index contributed by atoms with van der Waals surface area (Å²) in [5.74, 6) is 1.86. The van der Waals surface area contributed by atoms with E-state index < -0.39 is 21.6 Å². The summed E-state index contributed by atoms with van der Waals surface area (Å²) in [7, 11) is -3.14. The number of nitriles is 1. The van der Waals surface area contributed by atoms with Gasteiger partial charge in [0.25, 0.3) is 0 Å². The van der Waals surface area contributed by atoms with Crippen LogP contribution >= 0.6 is 0 Å². The molecule has 1 atom stereocenters. The number of aromatic nitrogens is 1. The monoisotopic (exact) mass is 442 g/mol. The zero-order chi connectivity index (χ0) is 22.8. The van der Waals surface area contributed by atoms with E-state index in [0.29, 0.717) is 23.4 Å². The van der Waals surface area contributed by atoms with Crippen molar-refractivity contribution in [2.24, 2.45) is 0 Å². The number of hydrogen-bond donors (Lipinski definition) is 1. The van der Waals surface area contributed by atoms with Gasteiger partial charge in [-0.2, -0.15) is 5.26 Å². The number of carbonyl (C=O) groups is 1. The van der Waals surface area contributed by atoms with E-state index in [0.717, 1.165) is 0 Å². The molecule has 1 aromatic heterocycles. The Kier molecular flexibility index (Phi) is 6.49. The van der Waals surface area contributed by atoms with E-state index in [1.165, 1.54) is 12.1 Å². The Balaban J connectivity index is 1.91. The normalized spacial score (nSPS) is 17.3. The third kappa shape index (κ3) is 4.79. The van der Waals surface area contributed by atoms with Crippen molar-refractivity contribution >= 4 is 21.6 Å². The first-order chi connectivity index (χ1) is 14.7. The van der Waals surface area contributed by atoms with Crippen LogP contribution in [0, 0.1) is 43.3 Å². The minimum absolute atomic E-state index is 0.0384. The van der Waals surface area contributed by atoms with Crippen LogP contribution in [0.5, 0.6) is 0 Å². The topological polar surface area (TPSA) is 95.2 Å². The lowest BCUT2D eigenvalue weighted by Crippen LogP contribution is -2.42. The maximum absolute atomic E-state index is 13.8. The van der Waals surface area contributed by atoms with Gasteiger partial charge in [0, 0.05) is 11.7 Å². The van der Waals surface area contributed by atoms with Crippen molar-refractivity contribution in [2.45, 2.75) is 26.3 Å². The molecule has 1 fully saturated rings. The Bertz CT molecular complexity index is 1200. The number of carbonyl (C=O) groups excluding carboxylic acids is 1. The number of nitrogens with one attached hydrogen (secondary N) is 1. The first-order valence-corrected chi connectivity index (χ1v) is 11.5. The van der Waals surface area contributed by atoms with Gasteiger partial charge in [-0.1, -0.05) is 12.0 Å². The highest BCUT2D eigenvalue weighted by Crippen LogP contribution is 2.30. The van der Waals surface area contributed by atoms with Crippen molar-refractivity contribution < 1.29 is 17.6 Å². The van der Waals surface area contributed by atoms with Crippen molar-refractivity contribution in [1.82, 2.24) is 9.47 Å². The third-order valence-electron chi connectivity index (χ3n) is 5.52. The largest absolute Gasteiger partial charge is 0.310 e. The molecule has 1 aromatic carbocycles. The number of halogens is 1. The van der Waals surface area contributed by atoms with Crippen molar-refractivity contribution in [1.29, 1.82) is 5.26 Å². The van der Waals surface area contributed by atoms with Gasteiger partial charge in [0.2, 0.25) is 5.91 Å². The van der Waals surface area contributed by atoms with Crippen LogP contribution in [-0.2, 0) is 14.6 Å². The molecule has 0 bridgehead atoms. The van der Waals surface area contributed by atoms with Gasteiger partial charge in [-0.25, -0.2) is 12.8 Å². The highest BCUT2D eigenvalue weighted by atomic mass is 32.2. The molecule has 0 spiro atoms. The van der Waals surface area contributed by atoms with Crippen LogP contribution in [0.15, 0.2) is 24.3 Å². The van der Waals surface area contributed by atoms with E-state index in [-0.39, 0.29) is 42.0 Å². The maximum atomic E-state index is 13.8. The molecule has 1 amide bonds. The van der Waals surface area contributed by atoms with E-state index in [1.54, 1.807) is 35.4 Å². The Morgan fingerprint density at radius 3 is 2.74 bits per heavy atom. The summed E-state index contributed by atoms with van der Waals surface area (Å²) in [6, 6.07) is 7.63. The summed E-state index contributed by atoms with van der Waals surface area (Å²) in [5, 5.41) is 12.4. The van der Waals surface area contributed by atoms with Crippen LogP contribution in [0.3, 0.4) is 0 Å². The molecule has 0 radical (unpaired) electrons. The van der Waals surface area contributed by atoms with Crippen LogP contribution < -0.4 is 5.32 Å². The molecule has 1 N–H and O–H groups in total. The van der Waals surface area contributed by atoms with E-state index in [4.69, 9.17) is 6.42 Å². The highest BCUT2D eigenvalue weighted by Gasteiger charge is 2.33. The summed E-state index contributed by atoms with van der Waals surface area (Å²) in [4.78, 5) is 14.5. The zero-order valence-electron chi connectivity index (χ0n) is 17.4. The Hall–Kier alpha value is -3.14. The number of sulfone groups is 1. The maximum Gasteiger partial charge on any atom is 0.239 e. The fourth-order valence-electron chi connectivity index (χ4n) is 3.85. The second-order valence-corrected chi connectivity index (χ2v) is 9.80. The lowest BCUT2D eigenvalue weighted by atomic mass is 10.2. The van der Waals surface area contributed by atoms with Gasteiger partial charge in [0.1, 0.15) is 17.7 Å². The van der Waals surface area contributed by atoms with Crippen LogP contribution in [0.4, 0.5) is 10.2 Å². The molecule has 9 heteroatoms. The molecule has 2 aromatic rings. The Labute approximate surface area is 181 Å². The molecule has 7 nitrogen and oxygen atoms in total. The van der Waals surface area contributed by atoms with Gasteiger partial charge >= 0.3 is 0 Å². The Morgan fingerprint density at radius 2 is 2.16 bits per heavy atom. The SMILES string of the molecule is C#CCN(CC(=O)Nc1c(C#N)c(C)c(C)n1-c1cccc(F)c1)C1CCS(=O)(=O)C1. The van der Waals surface area contributed by atoms with E-state index in [2.05, 4.69) is 17.3 Å². The number of rotatable bonds is 6. The molecule has 0 aliphatic carbocycles. The average molecular weight is 443 g/mol. The number of terminal acetylenes is 1. The van der Waals surface area contributed by atoms with Crippen LogP contribution in [0.1, 0.15) is 23.2 Å². The van der Waals surface area contributed by atoms with Crippen molar-refractivity contribution in [3.63, 3.8) is 0 Å². The second kappa shape index (κ2) is 8.93. The smallest absolute Gasteiger partial charge is 0.239 e. The van der Waals surface area contributed by atoms with Gasteiger partial charge in [-0.15, -0.1) is 6.42 Å². The third-order valence-corrected chi connectivity index (χ3v) is 7.27. The van der Waals surface area contributed by atoms with Crippen molar-refractivity contribution in [3.05, 3.63) is 46.9 Å². The van der Waals surface area contributed by atoms with Gasteiger partial charge in [-0.05, 0) is 44.0 Å². The molecule has 2 heterocycles. The molecule has 31 heavy (non-hydrogen) atoms. The number of benzene rings is 1. The molecule has 3 rings (SSSR count). The average Bonchev–Trinajstić information content (AvgIpc) is 3.18. The van der Waals surface area contributed by atoms with Crippen LogP contribution in [0.25, 0.3) is 5.69 Å². The van der Waals surface area contributed by atoms with Gasteiger partial charge < -0.3 is 5.32 Å². The summed E-state index contributed by atoms with van der Waals surface area (Å²) in [5.41, 5.74) is 2.12. The van der Waals surface area contributed by atoms with Crippen molar-refractivity contribution in [2.75, 3.05) is 29.9 Å². The summed E-state index contributed by atoms with van der Waals surface area (Å²) in [6.07, 6.45) is 5.84. The predicted octanol–water partition coefficient (Wildman–Crippen LogP) is 2.17. The van der Waals surface area contributed by atoms with Crippen LogP contribution in [-0.4, -0.2) is 54.4 Å². The van der Waals surface area contributed by atoms with E-state index in [1.807, 2.05) is 0 Å². The fourth-order valence-corrected chi connectivity index (χ4v) is 5.61.